The molecule has 0 radical (unpaired) electrons. The lowest BCUT2D eigenvalue weighted by atomic mass is 10.0. The minimum Gasteiger partial charge on any atom is -0.465 e. The molecule has 1 unspecified atom stereocenters. The Labute approximate surface area is 360 Å². The largest absolute Gasteiger partial charge is 0.465 e. The smallest absolute Gasteiger partial charge is 0.318 e. The summed E-state index contributed by atoms with van der Waals surface area (Å²) in [7, 11) is 0. The van der Waals surface area contributed by atoms with Gasteiger partial charge in [0.05, 0.1) is 11.9 Å². The second-order valence-electron chi connectivity index (χ2n) is 17.7. The van der Waals surface area contributed by atoms with Crippen LogP contribution in [0, 0.1) is 0 Å². The number of carbonyl (C=O) groups excluding carboxylic acids is 2. The molecule has 0 aromatic carbocycles. The molecule has 0 aliphatic carbocycles. The summed E-state index contributed by atoms with van der Waals surface area (Å²) in [5.74, 6) is 1.07. The van der Waals surface area contributed by atoms with Crippen LogP contribution in [0.5, 0.6) is 0 Å². The van der Waals surface area contributed by atoms with E-state index in [9.17, 15) is 9.59 Å². The Bertz CT molecular complexity index is 853. The number of unbranched alkanes of at least 4 members (excludes halogenated alkanes) is 23. The van der Waals surface area contributed by atoms with Gasteiger partial charge in [-0.05, 0) is 142 Å². The third kappa shape index (κ3) is 35.7. The second kappa shape index (κ2) is 41.9. The molecule has 0 saturated carbocycles. The van der Waals surface area contributed by atoms with Gasteiger partial charge in [0.2, 0.25) is 0 Å². The summed E-state index contributed by atoms with van der Waals surface area (Å²) in [5.41, 5.74) is 0. The molecule has 1 aliphatic heterocycles. The zero-order valence-corrected chi connectivity index (χ0v) is 39.6. The van der Waals surface area contributed by atoms with Crippen molar-refractivity contribution in [3.8, 4) is 0 Å². The van der Waals surface area contributed by atoms with Crippen molar-refractivity contribution in [1.82, 2.24) is 9.80 Å². The first-order chi connectivity index (χ1) is 28.0. The van der Waals surface area contributed by atoms with E-state index in [1.807, 2.05) is 6.92 Å². The van der Waals surface area contributed by atoms with Crippen LogP contribution in [-0.2, 0) is 19.1 Å². The van der Waals surface area contributed by atoms with E-state index in [2.05, 4.69) is 30.6 Å². The molecule has 1 saturated heterocycles. The van der Waals surface area contributed by atoms with E-state index in [4.69, 9.17) is 9.47 Å². The molecule has 0 spiro atoms. The molecule has 1 rings (SSSR count). The van der Waals surface area contributed by atoms with Crippen molar-refractivity contribution in [2.45, 2.75) is 257 Å². The van der Waals surface area contributed by atoms with Crippen LogP contribution in [-0.4, -0.2) is 84.7 Å². The summed E-state index contributed by atoms with van der Waals surface area (Å²) in [5, 5.41) is -0.0539. The van der Waals surface area contributed by atoms with Gasteiger partial charge in [-0.25, -0.2) is 0 Å². The molecule has 1 aliphatic rings. The fraction of sp³-hybridized carbons (Fsp3) is 0.960. The molecular weight excluding hydrogens is 725 g/mol. The highest BCUT2D eigenvalue weighted by Crippen LogP contribution is 2.19. The number of carbonyl (C=O) groups is 2. The number of ether oxygens (including phenoxy) is 2. The number of rotatable bonds is 44. The molecule has 1 heterocycles. The Hall–Kier alpha value is -0.790. The van der Waals surface area contributed by atoms with Crippen LogP contribution in [0.4, 0.5) is 0 Å². The van der Waals surface area contributed by atoms with Crippen molar-refractivity contribution in [3.05, 3.63) is 0 Å². The highest BCUT2D eigenvalue weighted by atomic mass is 32.2. The lowest BCUT2D eigenvalue weighted by Gasteiger charge is -2.23. The maximum absolute atomic E-state index is 12.9. The molecule has 0 amide bonds. The Morgan fingerprint density at radius 3 is 1.58 bits per heavy atom. The van der Waals surface area contributed by atoms with Crippen LogP contribution in [0.2, 0.25) is 0 Å². The predicted octanol–water partition coefficient (Wildman–Crippen LogP) is 14.5. The van der Waals surface area contributed by atoms with Crippen molar-refractivity contribution < 1.29 is 19.1 Å². The van der Waals surface area contributed by atoms with Crippen molar-refractivity contribution >= 4 is 23.7 Å². The van der Waals surface area contributed by atoms with E-state index in [-0.39, 0.29) is 23.3 Å². The molecule has 338 valence electrons. The second-order valence-corrected chi connectivity index (χ2v) is 19.2. The van der Waals surface area contributed by atoms with Gasteiger partial charge in [0, 0.05) is 6.42 Å². The topological polar surface area (TPSA) is 59.1 Å². The molecule has 0 N–H and O–H groups in total. The third-order valence-corrected chi connectivity index (χ3v) is 13.3. The summed E-state index contributed by atoms with van der Waals surface area (Å²) >= 11 is 1.76. The number of hydrogen-bond donors (Lipinski definition) is 0. The summed E-state index contributed by atoms with van der Waals surface area (Å²) in [6.45, 7) is 16.7. The molecule has 0 bridgehead atoms. The number of esters is 2. The number of hydrogen-bond acceptors (Lipinski definition) is 7. The average Bonchev–Trinajstić information content (AvgIpc) is 3.74. The van der Waals surface area contributed by atoms with Crippen LogP contribution < -0.4 is 0 Å². The normalized spacial score (nSPS) is 13.9. The van der Waals surface area contributed by atoms with E-state index in [1.54, 1.807) is 11.8 Å². The van der Waals surface area contributed by atoms with E-state index in [0.717, 1.165) is 50.8 Å². The first kappa shape index (κ1) is 54.2. The van der Waals surface area contributed by atoms with Gasteiger partial charge in [0.25, 0.3) is 0 Å². The lowest BCUT2D eigenvalue weighted by Crippen LogP contribution is -2.28. The Kier molecular flexibility index (Phi) is 39.9. The van der Waals surface area contributed by atoms with Gasteiger partial charge < -0.3 is 19.3 Å². The fourth-order valence-electron chi connectivity index (χ4n) is 8.25. The highest BCUT2D eigenvalue weighted by molar-refractivity contribution is 8.00. The van der Waals surface area contributed by atoms with Crippen LogP contribution in [0.3, 0.4) is 0 Å². The van der Waals surface area contributed by atoms with E-state index < -0.39 is 0 Å². The van der Waals surface area contributed by atoms with Gasteiger partial charge in [-0.3, -0.25) is 9.59 Å². The Morgan fingerprint density at radius 2 is 1.02 bits per heavy atom. The molecule has 6 nitrogen and oxygen atoms in total. The van der Waals surface area contributed by atoms with Gasteiger partial charge in [-0.2, -0.15) is 0 Å². The van der Waals surface area contributed by atoms with Crippen molar-refractivity contribution in [1.29, 1.82) is 0 Å². The standard InChI is InChI=1S/C50H98N2O4S/c1-5-8-11-14-17-23-35-46-57-47(4)50(54)55-45-34-24-29-40-51(41-30-31-42-52-43-32-33-44-52)39-28-22-18-21-27-38-49(53)56-48(36-25-19-15-12-9-6-2)37-26-20-16-13-10-7-3/h47-48H,5-46H2,1-4H3. The first-order valence-corrected chi connectivity index (χ1v) is 26.5. The number of likely N-dealkylation sites (tertiary alicyclic amines) is 1. The van der Waals surface area contributed by atoms with Crippen LogP contribution in [0.25, 0.3) is 0 Å². The summed E-state index contributed by atoms with van der Waals surface area (Å²) in [6, 6.07) is 0. The van der Waals surface area contributed by atoms with Gasteiger partial charge in [-0.1, -0.05) is 143 Å². The van der Waals surface area contributed by atoms with Crippen LogP contribution in [0.15, 0.2) is 0 Å². The average molecular weight is 823 g/mol. The number of nitrogens with zero attached hydrogens (tertiary/aromatic N) is 2. The van der Waals surface area contributed by atoms with Gasteiger partial charge in [-0.15, -0.1) is 11.8 Å². The van der Waals surface area contributed by atoms with E-state index in [0.29, 0.717) is 13.0 Å². The molecule has 1 fully saturated rings. The Morgan fingerprint density at radius 1 is 0.561 bits per heavy atom. The third-order valence-electron chi connectivity index (χ3n) is 12.1. The van der Waals surface area contributed by atoms with E-state index in [1.165, 1.54) is 206 Å². The maximum atomic E-state index is 12.9. The van der Waals surface area contributed by atoms with Gasteiger partial charge >= 0.3 is 11.9 Å². The van der Waals surface area contributed by atoms with Crippen molar-refractivity contribution in [2.24, 2.45) is 0 Å². The summed E-state index contributed by atoms with van der Waals surface area (Å²) < 4.78 is 11.7. The van der Waals surface area contributed by atoms with Gasteiger partial charge in [0.15, 0.2) is 0 Å². The highest BCUT2D eigenvalue weighted by Gasteiger charge is 2.16. The molecule has 7 heteroatoms. The summed E-state index contributed by atoms with van der Waals surface area (Å²) in [4.78, 5) is 30.7. The predicted molar refractivity (Wildman–Crippen MR) is 250 cm³/mol. The number of thioether (sulfide) groups is 1. The molecular formula is C50H98N2O4S. The van der Waals surface area contributed by atoms with Crippen LogP contribution in [0.1, 0.15) is 246 Å². The lowest BCUT2D eigenvalue weighted by molar-refractivity contribution is -0.150. The SMILES string of the molecule is CCCCCCCCCSC(C)C(=O)OCCCCCN(CCCCCCCC(=O)OC(CCCCCCCC)CCCCCCCC)CCCCN1CCCC1. The van der Waals surface area contributed by atoms with Crippen molar-refractivity contribution in [2.75, 3.05) is 51.6 Å². The first-order valence-electron chi connectivity index (χ1n) is 25.4. The fourth-order valence-corrected chi connectivity index (χ4v) is 9.18. The van der Waals surface area contributed by atoms with Gasteiger partial charge in [0.1, 0.15) is 6.10 Å². The minimum absolute atomic E-state index is 0.0318. The zero-order chi connectivity index (χ0) is 41.3. The quantitative estimate of drug-likeness (QED) is 0.0448. The van der Waals surface area contributed by atoms with Crippen LogP contribution >= 0.6 is 11.8 Å². The monoisotopic (exact) mass is 823 g/mol. The van der Waals surface area contributed by atoms with E-state index >= 15 is 0 Å². The molecule has 1 atom stereocenters. The Balaban J connectivity index is 2.29. The molecule has 57 heavy (non-hydrogen) atoms. The maximum Gasteiger partial charge on any atom is 0.318 e. The molecule has 0 aromatic rings. The molecule has 0 aromatic heterocycles. The minimum atomic E-state index is -0.0539. The van der Waals surface area contributed by atoms with Crippen molar-refractivity contribution in [3.63, 3.8) is 0 Å². The zero-order valence-electron chi connectivity index (χ0n) is 38.8. The summed E-state index contributed by atoms with van der Waals surface area (Å²) in [6.07, 6.45) is 41.9.